The third-order valence-corrected chi connectivity index (χ3v) is 3.28. The van der Waals surface area contributed by atoms with E-state index in [1.807, 2.05) is 0 Å². The lowest BCUT2D eigenvalue weighted by Crippen LogP contribution is -2.62. The molecule has 1 aliphatic rings. The number of hydrogen-bond donors (Lipinski definition) is 0. The number of carbonyl (C=O) groups excluding carboxylic acids is 4. The van der Waals surface area contributed by atoms with Gasteiger partial charge in [-0.25, -0.2) is 0 Å². The summed E-state index contributed by atoms with van der Waals surface area (Å²) in [7, 11) is 0. The van der Waals surface area contributed by atoms with Gasteiger partial charge in [-0.15, -0.1) is 6.42 Å². The molecular weight excluding hydrogens is 364 g/mol. The first-order valence-corrected chi connectivity index (χ1v) is 8.01. The van der Waals surface area contributed by atoms with Gasteiger partial charge in [0.1, 0.15) is 19.3 Å². The highest BCUT2D eigenvalue weighted by Crippen LogP contribution is 2.29. The Morgan fingerprint density at radius 2 is 1.37 bits per heavy atom. The summed E-state index contributed by atoms with van der Waals surface area (Å²) >= 11 is 0. The van der Waals surface area contributed by atoms with Crippen molar-refractivity contribution in [3.05, 3.63) is 0 Å². The smallest absolute Gasteiger partial charge is 0.303 e. The van der Waals surface area contributed by atoms with Crippen LogP contribution >= 0.6 is 0 Å². The maximum atomic E-state index is 11.6. The first-order chi connectivity index (χ1) is 12.6. The minimum absolute atomic E-state index is 0.201. The number of terminal acetylenes is 1. The van der Waals surface area contributed by atoms with Gasteiger partial charge in [-0.3, -0.25) is 19.2 Å². The van der Waals surface area contributed by atoms with Crippen molar-refractivity contribution in [2.45, 2.75) is 58.4 Å². The van der Waals surface area contributed by atoms with E-state index in [-0.39, 0.29) is 13.2 Å². The van der Waals surface area contributed by atoms with E-state index in [9.17, 15) is 19.2 Å². The van der Waals surface area contributed by atoms with E-state index >= 15 is 0 Å². The Labute approximate surface area is 156 Å². The summed E-state index contributed by atoms with van der Waals surface area (Å²) in [6.07, 6.45) is -0.894. The molecule has 1 heterocycles. The number of ether oxygens (including phenoxy) is 6. The second-order valence-electron chi connectivity index (χ2n) is 5.58. The zero-order valence-corrected chi connectivity index (χ0v) is 15.5. The van der Waals surface area contributed by atoms with Crippen LogP contribution in [0.25, 0.3) is 0 Å². The Morgan fingerprint density at radius 3 is 1.85 bits per heavy atom. The topological polar surface area (TPSA) is 124 Å². The summed E-state index contributed by atoms with van der Waals surface area (Å²) in [5.41, 5.74) is 0. The van der Waals surface area contributed by atoms with Crippen LogP contribution < -0.4 is 0 Å². The normalized spacial score (nSPS) is 27.0. The highest BCUT2D eigenvalue weighted by molar-refractivity contribution is 5.68. The lowest BCUT2D eigenvalue weighted by Gasteiger charge is -2.43. The van der Waals surface area contributed by atoms with Gasteiger partial charge in [0, 0.05) is 27.7 Å². The highest BCUT2D eigenvalue weighted by atomic mass is 16.7. The molecule has 0 aromatic carbocycles. The average molecular weight is 386 g/mol. The highest BCUT2D eigenvalue weighted by Gasteiger charge is 2.52. The van der Waals surface area contributed by atoms with E-state index in [2.05, 4.69) is 5.92 Å². The van der Waals surface area contributed by atoms with Gasteiger partial charge in [-0.05, 0) is 0 Å². The Kier molecular flexibility index (Phi) is 8.71. The molecule has 1 aliphatic heterocycles. The fourth-order valence-corrected chi connectivity index (χ4v) is 2.45. The standard InChI is InChI=1S/C17H22O10/c1-6-7-22-17-16(26-12(5)21)15(25-11(4)20)14(24-10(3)19)13(27-17)8-23-9(2)18/h1,13-17H,7-8H2,2-5H3/t13-,14+,15+,16-,17+/m1/s1. The summed E-state index contributed by atoms with van der Waals surface area (Å²) in [4.78, 5) is 45.7. The van der Waals surface area contributed by atoms with Crippen molar-refractivity contribution >= 4 is 23.9 Å². The van der Waals surface area contributed by atoms with Crippen molar-refractivity contribution < 1.29 is 47.6 Å². The largest absolute Gasteiger partial charge is 0.463 e. The van der Waals surface area contributed by atoms with Crippen molar-refractivity contribution in [1.82, 2.24) is 0 Å². The number of esters is 4. The number of carbonyl (C=O) groups is 4. The van der Waals surface area contributed by atoms with Gasteiger partial charge in [0.25, 0.3) is 0 Å². The van der Waals surface area contributed by atoms with Crippen molar-refractivity contribution in [1.29, 1.82) is 0 Å². The summed E-state index contributed by atoms with van der Waals surface area (Å²) < 4.78 is 31.5. The van der Waals surface area contributed by atoms with E-state index in [0.29, 0.717) is 0 Å². The molecule has 27 heavy (non-hydrogen) atoms. The Morgan fingerprint density at radius 1 is 0.852 bits per heavy atom. The van der Waals surface area contributed by atoms with E-state index < -0.39 is 54.6 Å². The maximum absolute atomic E-state index is 11.6. The van der Waals surface area contributed by atoms with Crippen LogP contribution in [0, 0.1) is 12.3 Å². The second kappa shape index (κ2) is 10.5. The van der Waals surface area contributed by atoms with Crippen molar-refractivity contribution in [3.8, 4) is 12.3 Å². The molecule has 10 nitrogen and oxygen atoms in total. The third kappa shape index (κ3) is 7.24. The number of hydrogen-bond acceptors (Lipinski definition) is 10. The fourth-order valence-electron chi connectivity index (χ4n) is 2.45. The Balaban J connectivity index is 3.25. The monoisotopic (exact) mass is 386 g/mol. The quantitative estimate of drug-likeness (QED) is 0.328. The summed E-state index contributed by atoms with van der Waals surface area (Å²) in [5.74, 6) is -0.519. The molecular formula is C17H22O10. The van der Waals surface area contributed by atoms with E-state index in [4.69, 9.17) is 34.8 Å². The van der Waals surface area contributed by atoms with Crippen LogP contribution in [0.15, 0.2) is 0 Å². The Bertz CT molecular complexity index is 607. The zero-order chi connectivity index (χ0) is 20.6. The molecule has 10 heteroatoms. The molecule has 0 unspecified atom stereocenters. The van der Waals surface area contributed by atoms with Crippen LogP contribution in [0.1, 0.15) is 27.7 Å². The molecule has 0 saturated carbocycles. The lowest BCUT2D eigenvalue weighted by molar-refractivity contribution is -0.305. The molecule has 0 aliphatic carbocycles. The molecule has 0 spiro atoms. The fraction of sp³-hybridized carbons (Fsp3) is 0.647. The molecule has 1 rings (SSSR count). The molecule has 0 radical (unpaired) electrons. The molecule has 0 N–H and O–H groups in total. The zero-order valence-electron chi connectivity index (χ0n) is 15.5. The van der Waals surface area contributed by atoms with Gasteiger partial charge >= 0.3 is 23.9 Å². The molecule has 1 fully saturated rings. The molecule has 1 saturated heterocycles. The van der Waals surface area contributed by atoms with Gasteiger partial charge in [-0.2, -0.15) is 0 Å². The maximum Gasteiger partial charge on any atom is 0.303 e. The summed E-state index contributed by atoms with van der Waals surface area (Å²) in [6, 6.07) is 0. The first kappa shape index (κ1) is 22.4. The van der Waals surface area contributed by atoms with E-state index in [0.717, 1.165) is 20.8 Å². The lowest BCUT2D eigenvalue weighted by atomic mass is 9.98. The molecule has 0 bridgehead atoms. The minimum Gasteiger partial charge on any atom is -0.463 e. The minimum atomic E-state index is -1.27. The van der Waals surface area contributed by atoms with E-state index in [1.165, 1.54) is 6.92 Å². The van der Waals surface area contributed by atoms with Crippen LogP contribution in [0.2, 0.25) is 0 Å². The second-order valence-corrected chi connectivity index (χ2v) is 5.58. The summed E-state index contributed by atoms with van der Waals surface area (Å²) in [5, 5.41) is 0. The van der Waals surface area contributed by atoms with Crippen molar-refractivity contribution in [2.24, 2.45) is 0 Å². The van der Waals surface area contributed by atoms with Gasteiger partial charge < -0.3 is 28.4 Å². The molecule has 5 atom stereocenters. The third-order valence-electron chi connectivity index (χ3n) is 3.28. The van der Waals surface area contributed by atoms with Gasteiger partial charge in [0.2, 0.25) is 0 Å². The predicted octanol–water partition coefficient (Wildman–Crippen LogP) is -0.281. The van der Waals surface area contributed by atoms with Crippen LogP contribution in [0.5, 0.6) is 0 Å². The molecule has 0 aromatic heterocycles. The number of rotatable bonds is 7. The predicted molar refractivity (Wildman–Crippen MR) is 86.7 cm³/mol. The van der Waals surface area contributed by atoms with Crippen LogP contribution in [0.4, 0.5) is 0 Å². The molecule has 0 amide bonds. The first-order valence-electron chi connectivity index (χ1n) is 8.01. The van der Waals surface area contributed by atoms with Crippen LogP contribution in [0.3, 0.4) is 0 Å². The summed E-state index contributed by atoms with van der Waals surface area (Å²) in [6.45, 7) is 4.05. The van der Waals surface area contributed by atoms with Gasteiger partial charge in [0.15, 0.2) is 24.6 Å². The van der Waals surface area contributed by atoms with Gasteiger partial charge in [0.05, 0.1) is 0 Å². The SMILES string of the molecule is C#CCO[C@H]1O[C@H](COC(C)=O)[C@H](OC(C)=O)[C@H](OC(C)=O)[C@H]1OC(C)=O. The van der Waals surface area contributed by atoms with Crippen LogP contribution in [-0.2, 0) is 47.6 Å². The van der Waals surface area contributed by atoms with Crippen LogP contribution in [-0.4, -0.2) is 67.8 Å². The molecule has 0 aromatic rings. The average Bonchev–Trinajstić information content (AvgIpc) is 2.54. The van der Waals surface area contributed by atoms with Crippen molar-refractivity contribution in [2.75, 3.05) is 13.2 Å². The van der Waals surface area contributed by atoms with Crippen molar-refractivity contribution in [3.63, 3.8) is 0 Å². The molecule has 150 valence electrons. The Hall–Kier alpha value is -2.64. The van der Waals surface area contributed by atoms with Gasteiger partial charge in [-0.1, -0.05) is 5.92 Å². The van der Waals surface area contributed by atoms with E-state index in [1.54, 1.807) is 0 Å².